The Labute approximate surface area is 150 Å². The molecule has 26 heavy (non-hydrogen) atoms. The van der Waals surface area contributed by atoms with Crippen molar-refractivity contribution in [2.24, 2.45) is 0 Å². The molecule has 0 spiro atoms. The number of ether oxygens (including phenoxy) is 2. The molecular weight excluding hydrogens is 339 g/mol. The third kappa shape index (κ3) is 5.07. The Morgan fingerprint density at radius 2 is 1.65 bits per heavy atom. The van der Waals surface area contributed by atoms with Gasteiger partial charge in [0, 0.05) is 12.6 Å². The molecule has 136 valence electrons. The fourth-order valence-electron chi connectivity index (χ4n) is 2.19. The SMILES string of the molecule is COc1ccc(/C=C(\NC(C)=O)C(=O)Nc2ccc(F)cc2)cc1OC. The average molecular weight is 358 g/mol. The summed E-state index contributed by atoms with van der Waals surface area (Å²) in [4.78, 5) is 23.9. The van der Waals surface area contributed by atoms with Crippen molar-refractivity contribution in [2.45, 2.75) is 6.92 Å². The Kier molecular flexibility index (Phi) is 6.32. The minimum absolute atomic E-state index is 0.0362. The molecule has 0 aliphatic rings. The highest BCUT2D eigenvalue weighted by molar-refractivity contribution is 6.08. The lowest BCUT2D eigenvalue weighted by molar-refractivity contribution is -0.120. The summed E-state index contributed by atoms with van der Waals surface area (Å²) < 4.78 is 23.4. The lowest BCUT2D eigenvalue weighted by atomic mass is 10.1. The van der Waals surface area contributed by atoms with Crippen LogP contribution in [0.2, 0.25) is 0 Å². The molecule has 6 nitrogen and oxygen atoms in total. The van der Waals surface area contributed by atoms with E-state index in [1.807, 2.05) is 0 Å². The number of halogens is 1. The molecule has 2 rings (SSSR count). The first-order valence-corrected chi connectivity index (χ1v) is 7.71. The van der Waals surface area contributed by atoms with Gasteiger partial charge in [0.05, 0.1) is 14.2 Å². The van der Waals surface area contributed by atoms with Gasteiger partial charge in [-0.25, -0.2) is 4.39 Å². The third-order valence-corrected chi connectivity index (χ3v) is 3.38. The summed E-state index contributed by atoms with van der Waals surface area (Å²) in [5.74, 6) is -0.317. The lowest BCUT2D eigenvalue weighted by Gasteiger charge is -2.11. The second-order valence-corrected chi connectivity index (χ2v) is 5.31. The monoisotopic (exact) mass is 358 g/mol. The van der Waals surface area contributed by atoms with Gasteiger partial charge in [0.15, 0.2) is 11.5 Å². The molecule has 0 atom stereocenters. The van der Waals surface area contributed by atoms with Gasteiger partial charge in [-0.05, 0) is 48.0 Å². The Morgan fingerprint density at radius 3 is 2.23 bits per heavy atom. The van der Waals surface area contributed by atoms with E-state index in [9.17, 15) is 14.0 Å². The number of carbonyl (C=O) groups excluding carboxylic acids is 2. The first kappa shape index (κ1) is 19.0. The van der Waals surface area contributed by atoms with Gasteiger partial charge in [0.1, 0.15) is 11.5 Å². The molecular formula is C19H19FN2O4. The van der Waals surface area contributed by atoms with E-state index in [-0.39, 0.29) is 5.70 Å². The Hall–Kier alpha value is -3.35. The summed E-state index contributed by atoms with van der Waals surface area (Å²) in [6.07, 6.45) is 1.50. The van der Waals surface area contributed by atoms with Crippen molar-refractivity contribution in [3.63, 3.8) is 0 Å². The van der Waals surface area contributed by atoms with Crippen LogP contribution in [0.4, 0.5) is 10.1 Å². The largest absolute Gasteiger partial charge is 0.493 e. The van der Waals surface area contributed by atoms with E-state index in [2.05, 4.69) is 10.6 Å². The fourth-order valence-corrected chi connectivity index (χ4v) is 2.19. The normalized spacial score (nSPS) is 10.8. The van der Waals surface area contributed by atoms with Gasteiger partial charge < -0.3 is 20.1 Å². The number of amides is 2. The van der Waals surface area contributed by atoms with Crippen LogP contribution in [0.25, 0.3) is 6.08 Å². The number of hydrogen-bond donors (Lipinski definition) is 2. The van der Waals surface area contributed by atoms with Crippen LogP contribution in [0, 0.1) is 5.82 Å². The van der Waals surface area contributed by atoms with Gasteiger partial charge >= 0.3 is 0 Å². The maximum Gasteiger partial charge on any atom is 0.272 e. The van der Waals surface area contributed by atoms with Crippen molar-refractivity contribution in [3.05, 3.63) is 59.5 Å². The van der Waals surface area contributed by atoms with Crippen LogP contribution in [-0.2, 0) is 9.59 Å². The fraction of sp³-hybridized carbons (Fsp3) is 0.158. The molecule has 7 heteroatoms. The summed E-state index contributed by atoms with van der Waals surface area (Å²) >= 11 is 0. The second kappa shape index (κ2) is 8.66. The van der Waals surface area contributed by atoms with Crippen molar-refractivity contribution in [1.29, 1.82) is 0 Å². The van der Waals surface area contributed by atoms with Crippen LogP contribution in [0.1, 0.15) is 12.5 Å². The molecule has 0 heterocycles. The molecule has 0 fully saturated rings. The number of rotatable bonds is 6. The number of hydrogen-bond acceptors (Lipinski definition) is 4. The van der Waals surface area contributed by atoms with Crippen LogP contribution in [-0.4, -0.2) is 26.0 Å². The van der Waals surface area contributed by atoms with Gasteiger partial charge in [-0.3, -0.25) is 9.59 Å². The minimum Gasteiger partial charge on any atom is -0.493 e. The molecule has 2 N–H and O–H groups in total. The van der Waals surface area contributed by atoms with Crippen molar-refractivity contribution in [3.8, 4) is 11.5 Å². The van der Waals surface area contributed by atoms with Crippen LogP contribution >= 0.6 is 0 Å². The maximum absolute atomic E-state index is 13.0. The summed E-state index contributed by atoms with van der Waals surface area (Å²) in [5.41, 5.74) is 1.06. The highest BCUT2D eigenvalue weighted by Gasteiger charge is 2.13. The molecule has 0 saturated heterocycles. The first-order chi connectivity index (χ1) is 12.4. The molecule has 2 aromatic carbocycles. The highest BCUT2D eigenvalue weighted by atomic mass is 19.1. The van der Waals surface area contributed by atoms with E-state index in [1.54, 1.807) is 18.2 Å². The quantitative estimate of drug-likeness (QED) is 0.779. The zero-order valence-electron chi connectivity index (χ0n) is 14.6. The number of benzene rings is 2. The second-order valence-electron chi connectivity index (χ2n) is 5.31. The van der Waals surface area contributed by atoms with Crippen molar-refractivity contribution < 1.29 is 23.5 Å². The van der Waals surface area contributed by atoms with E-state index in [1.165, 1.54) is 51.5 Å². The Morgan fingerprint density at radius 1 is 1.00 bits per heavy atom. The first-order valence-electron chi connectivity index (χ1n) is 7.71. The van der Waals surface area contributed by atoms with Gasteiger partial charge in [0.2, 0.25) is 5.91 Å². The molecule has 2 aromatic rings. The standard InChI is InChI=1S/C19H19FN2O4/c1-12(23)21-16(19(24)22-15-7-5-14(20)6-8-15)10-13-4-9-17(25-2)18(11-13)26-3/h4-11H,1-3H3,(H,21,23)(H,22,24)/b16-10-. The van der Waals surface area contributed by atoms with Crippen molar-refractivity contribution >= 4 is 23.6 Å². The van der Waals surface area contributed by atoms with E-state index in [4.69, 9.17) is 9.47 Å². The van der Waals surface area contributed by atoms with Crippen LogP contribution in [0.15, 0.2) is 48.2 Å². The molecule has 0 aromatic heterocycles. The van der Waals surface area contributed by atoms with E-state index in [0.717, 1.165) is 0 Å². The molecule has 0 unspecified atom stereocenters. The van der Waals surface area contributed by atoms with Crippen LogP contribution in [0.3, 0.4) is 0 Å². The summed E-state index contributed by atoms with van der Waals surface area (Å²) in [6, 6.07) is 10.4. The number of carbonyl (C=O) groups is 2. The topological polar surface area (TPSA) is 76.7 Å². The number of anilines is 1. The van der Waals surface area contributed by atoms with Gasteiger partial charge in [-0.1, -0.05) is 6.07 Å². The van der Waals surface area contributed by atoms with E-state index < -0.39 is 17.6 Å². The van der Waals surface area contributed by atoms with E-state index >= 15 is 0 Å². The highest BCUT2D eigenvalue weighted by Crippen LogP contribution is 2.28. The number of nitrogens with one attached hydrogen (secondary N) is 2. The third-order valence-electron chi connectivity index (χ3n) is 3.38. The zero-order chi connectivity index (χ0) is 19.1. The van der Waals surface area contributed by atoms with Crippen LogP contribution < -0.4 is 20.1 Å². The number of methoxy groups -OCH3 is 2. The van der Waals surface area contributed by atoms with E-state index in [0.29, 0.717) is 22.7 Å². The van der Waals surface area contributed by atoms with Crippen LogP contribution in [0.5, 0.6) is 11.5 Å². The predicted octanol–water partition coefficient (Wildman–Crippen LogP) is 2.96. The Bertz CT molecular complexity index is 832. The predicted molar refractivity (Wildman–Crippen MR) is 96.4 cm³/mol. The van der Waals surface area contributed by atoms with Gasteiger partial charge in [0.25, 0.3) is 5.91 Å². The Balaban J connectivity index is 2.30. The van der Waals surface area contributed by atoms with Crippen molar-refractivity contribution in [2.75, 3.05) is 19.5 Å². The summed E-state index contributed by atoms with van der Waals surface area (Å²) in [5, 5.41) is 5.09. The molecule has 0 radical (unpaired) electrons. The summed E-state index contributed by atoms with van der Waals surface area (Å²) in [7, 11) is 3.02. The molecule has 0 aliphatic carbocycles. The lowest BCUT2D eigenvalue weighted by Crippen LogP contribution is -2.28. The molecule has 2 amide bonds. The van der Waals surface area contributed by atoms with Crippen molar-refractivity contribution in [1.82, 2.24) is 5.32 Å². The summed E-state index contributed by atoms with van der Waals surface area (Å²) in [6.45, 7) is 1.30. The maximum atomic E-state index is 13.0. The smallest absolute Gasteiger partial charge is 0.272 e. The average Bonchev–Trinajstić information content (AvgIpc) is 2.62. The molecule has 0 bridgehead atoms. The molecule has 0 aliphatic heterocycles. The van der Waals surface area contributed by atoms with Gasteiger partial charge in [-0.2, -0.15) is 0 Å². The zero-order valence-corrected chi connectivity index (χ0v) is 14.6. The minimum atomic E-state index is -0.540. The van der Waals surface area contributed by atoms with Gasteiger partial charge in [-0.15, -0.1) is 0 Å². The molecule has 0 saturated carbocycles.